The third-order valence-electron chi connectivity index (χ3n) is 2.65. The molecule has 0 aliphatic carbocycles. The highest BCUT2D eigenvalue weighted by Gasteiger charge is 2.09. The van der Waals surface area contributed by atoms with Gasteiger partial charge in [0.05, 0.1) is 31.3 Å². The molecule has 122 valence electrons. The largest absolute Gasteiger partial charge is 0.378 e. The fourth-order valence-electron chi connectivity index (χ4n) is 1.48. The smallest absolute Gasteiger partial charge is 0.0701 e. The summed E-state index contributed by atoms with van der Waals surface area (Å²) in [4.78, 5) is -0.140. The second-order valence-electron chi connectivity index (χ2n) is 6.77. The van der Waals surface area contributed by atoms with Crippen molar-refractivity contribution in [1.29, 1.82) is 0 Å². The van der Waals surface area contributed by atoms with Gasteiger partial charge in [-0.25, -0.2) is 0 Å². The van der Waals surface area contributed by atoms with Crippen molar-refractivity contribution in [2.75, 3.05) is 46.1 Å². The fourth-order valence-corrected chi connectivity index (χ4v) is 1.60. The lowest BCUT2D eigenvalue weighted by Crippen LogP contribution is -2.36. The molecule has 2 N–H and O–H groups in total. The molecule has 5 heteroatoms. The maximum Gasteiger partial charge on any atom is 0.0701 e. The molecular formula is C15H34N2O2S. The van der Waals surface area contributed by atoms with Gasteiger partial charge in [-0.3, -0.25) is 0 Å². The van der Waals surface area contributed by atoms with Crippen LogP contribution in [0.25, 0.3) is 0 Å². The van der Waals surface area contributed by atoms with Crippen molar-refractivity contribution in [3.8, 4) is 0 Å². The highest BCUT2D eigenvalue weighted by Crippen LogP contribution is 2.16. The Morgan fingerprint density at radius 3 is 1.85 bits per heavy atom. The van der Waals surface area contributed by atoms with E-state index in [4.69, 9.17) is 9.47 Å². The summed E-state index contributed by atoms with van der Waals surface area (Å²) in [5.74, 6) is 0. The van der Waals surface area contributed by atoms with Crippen LogP contribution in [0.4, 0.5) is 0 Å². The van der Waals surface area contributed by atoms with Crippen LogP contribution in [0.1, 0.15) is 41.0 Å². The van der Waals surface area contributed by atoms with Crippen LogP contribution in [0.3, 0.4) is 0 Å². The number of hydrogen-bond donors (Lipinski definition) is 3. The monoisotopic (exact) mass is 306 g/mol. The SMILES string of the molecule is CC(C)(C)CCNCCOCCOCCNC(C)(C)S. The Balaban J connectivity index is 3.10. The maximum atomic E-state index is 5.49. The van der Waals surface area contributed by atoms with Crippen LogP contribution in [0.5, 0.6) is 0 Å². The van der Waals surface area contributed by atoms with Gasteiger partial charge in [-0.05, 0) is 32.2 Å². The minimum atomic E-state index is -0.140. The van der Waals surface area contributed by atoms with E-state index in [2.05, 4.69) is 44.0 Å². The molecule has 0 fully saturated rings. The summed E-state index contributed by atoms with van der Waals surface area (Å²) in [5.41, 5.74) is 0.400. The molecule has 20 heavy (non-hydrogen) atoms. The lowest BCUT2D eigenvalue weighted by Gasteiger charge is -2.19. The molecular weight excluding hydrogens is 272 g/mol. The zero-order valence-electron chi connectivity index (χ0n) is 13.9. The van der Waals surface area contributed by atoms with E-state index in [1.807, 2.05) is 13.8 Å². The molecule has 0 saturated carbocycles. The Kier molecular flexibility index (Phi) is 11.0. The molecule has 0 aliphatic rings. The number of ether oxygens (including phenoxy) is 2. The molecule has 0 rings (SSSR count). The first-order chi connectivity index (χ1) is 9.21. The quantitative estimate of drug-likeness (QED) is 0.294. The molecule has 0 amide bonds. The van der Waals surface area contributed by atoms with Crippen molar-refractivity contribution in [1.82, 2.24) is 10.6 Å². The van der Waals surface area contributed by atoms with Gasteiger partial charge in [0, 0.05) is 13.1 Å². The molecule has 0 saturated heterocycles. The zero-order chi connectivity index (χ0) is 15.5. The topological polar surface area (TPSA) is 42.5 Å². The first kappa shape index (κ1) is 20.2. The van der Waals surface area contributed by atoms with Crippen LogP contribution in [0.2, 0.25) is 0 Å². The Hall–Kier alpha value is 0.190. The molecule has 0 spiro atoms. The number of hydrogen-bond acceptors (Lipinski definition) is 5. The Morgan fingerprint density at radius 1 is 0.800 bits per heavy atom. The highest BCUT2D eigenvalue weighted by molar-refractivity contribution is 7.81. The summed E-state index contributed by atoms with van der Waals surface area (Å²) < 4.78 is 10.9. The Labute approximate surface area is 130 Å². The lowest BCUT2D eigenvalue weighted by molar-refractivity contribution is 0.0492. The van der Waals surface area contributed by atoms with E-state index in [0.717, 1.165) is 26.2 Å². The molecule has 0 aromatic heterocycles. The van der Waals surface area contributed by atoms with Gasteiger partial charge in [0.2, 0.25) is 0 Å². The zero-order valence-corrected chi connectivity index (χ0v) is 14.8. The van der Waals surface area contributed by atoms with E-state index < -0.39 is 0 Å². The first-order valence-corrected chi connectivity index (χ1v) is 7.99. The van der Waals surface area contributed by atoms with E-state index in [0.29, 0.717) is 25.2 Å². The van der Waals surface area contributed by atoms with Gasteiger partial charge in [-0.15, -0.1) is 0 Å². The van der Waals surface area contributed by atoms with Crippen LogP contribution in [0, 0.1) is 5.41 Å². The predicted octanol–water partition coefficient (Wildman–Crippen LogP) is 2.30. The van der Waals surface area contributed by atoms with Gasteiger partial charge in [0.15, 0.2) is 0 Å². The molecule has 0 atom stereocenters. The van der Waals surface area contributed by atoms with Crippen molar-refractivity contribution >= 4 is 12.6 Å². The van der Waals surface area contributed by atoms with Crippen LogP contribution in [0.15, 0.2) is 0 Å². The van der Waals surface area contributed by atoms with Crippen molar-refractivity contribution in [3.63, 3.8) is 0 Å². The highest BCUT2D eigenvalue weighted by atomic mass is 32.1. The van der Waals surface area contributed by atoms with Gasteiger partial charge in [0.1, 0.15) is 0 Å². The minimum Gasteiger partial charge on any atom is -0.378 e. The number of rotatable bonds is 12. The molecule has 4 nitrogen and oxygen atoms in total. The van der Waals surface area contributed by atoms with Crippen molar-refractivity contribution < 1.29 is 9.47 Å². The van der Waals surface area contributed by atoms with E-state index in [-0.39, 0.29) is 4.87 Å². The summed E-state index contributed by atoms with van der Waals surface area (Å²) in [6, 6.07) is 0. The van der Waals surface area contributed by atoms with E-state index >= 15 is 0 Å². The molecule has 0 aliphatic heterocycles. The first-order valence-electron chi connectivity index (χ1n) is 7.54. The second-order valence-corrected chi connectivity index (χ2v) is 7.89. The molecule has 0 aromatic carbocycles. The normalized spacial score (nSPS) is 12.9. The van der Waals surface area contributed by atoms with Crippen molar-refractivity contribution in [2.45, 2.75) is 45.9 Å². The lowest BCUT2D eigenvalue weighted by atomic mass is 9.92. The van der Waals surface area contributed by atoms with Gasteiger partial charge in [0.25, 0.3) is 0 Å². The maximum absolute atomic E-state index is 5.49. The molecule has 0 unspecified atom stereocenters. The Morgan fingerprint density at radius 2 is 1.35 bits per heavy atom. The average molecular weight is 307 g/mol. The predicted molar refractivity (Wildman–Crippen MR) is 89.6 cm³/mol. The van der Waals surface area contributed by atoms with Gasteiger partial charge in [-0.2, -0.15) is 12.6 Å². The van der Waals surface area contributed by atoms with E-state index in [1.165, 1.54) is 6.42 Å². The summed E-state index contributed by atoms with van der Waals surface area (Å²) in [7, 11) is 0. The molecule has 0 aromatic rings. The molecule has 0 bridgehead atoms. The van der Waals surface area contributed by atoms with Crippen LogP contribution >= 0.6 is 12.6 Å². The fraction of sp³-hybridized carbons (Fsp3) is 1.00. The van der Waals surface area contributed by atoms with Crippen molar-refractivity contribution in [3.05, 3.63) is 0 Å². The Bertz CT molecular complexity index is 201. The van der Waals surface area contributed by atoms with Crippen molar-refractivity contribution in [2.24, 2.45) is 5.41 Å². The minimum absolute atomic E-state index is 0.140. The van der Waals surface area contributed by atoms with E-state index in [9.17, 15) is 0 Å². The summed E-state index contributed by atoms with van der Waals surface area (Å²) in [6.45, 7) is 16.3. The second kappa shape index (κ2) is 10.9. The van der Waals surface area contributed by atoms with Crippen LogP contribution in [-0.4, -0.2) is 50.9 Å². The summed E-state index contributed by atoms with van der Waals surface area (Å²) >= 11 is 4.37. The van der Waals surface area contributed by atoms with Crippen LogP contribution < -0.4 is 10.6 Å². The average Bonchev–Trinajstić information content (AvgIpc) is 2.27. The third kappa shape index (κ3) is 18.2. The third-order valence-corrected chi connectivity index (χ3v) is 2.81. The van der Waals surface area contributed by atoms with E-state index in [1.54, 1.807) is 0 Å². The van der Waals surface area contributed by atoms with Crippen LogP contribution in [-0.2, 0) is 9.47 Å². The van der Waals surface area contributed by atoms with Gasteiger partial charge >= 0.3 is 0 Å². The number of thiol groups is 1. The van der Waals surface area contributed by atoms with Gasteiger partial charge in [-0.1, -0.05) is 20.8 Å². The number of nitrogens with one attached hydrogen (secondary N) is 2. The molecule has 0 radical (unpaired) electrons. The summed E-state index contributed by atoms with van der Waals surface area (Å²) in [6.07, 6.45) is 1.19. The standard InChI is InChI=1S/C15H34N2O2S/c1-14(2,3)6-7-16-8-10-18-12-13-19-11-9-17-15(4,5)20/h16-17,20H,6-13H2,1-5H3. The molecule has 0 heterocycles. The summed E-state index contributed by atoms with van der Waals surface area (Å²) in [5, 5.41) is 6.63. The van der Waals surface area contributed by atoms with Gasteiger partial charge < -0.3 is 20.1 Å².